The lowest BCUT2D eigenvalue weighted by Crippen LogP contribution is -2.45. The van der Waals surface area contributed by atoms with Crippen LogP contribution in [0.1, 0.15) is 0 Å². The SMILES string of the molecule is CN(C(=O)CSc1ccccc1)[C@H]1CNC[C@@H]1O. The number of likely N-dealkylation sites (N-methyl/N-ethyl adjacent to an activating group) is 1. The van der Waals surface area contributed by atoms with E-state index in [9.17, 15) is 9.90 Å². The minimum atomic E-state index is -0.458. The van der Waals surface area contributed by atoms with Crippen molar-refractivity contribution < 1.29 is 9.90 Å². The fraction of sp³-hybridized carbons (Fsp3) is 0.462. The van der Waals surface area contributed by atoms with Crippen LogP contribution in [0, 0.1) is 0 Å². The van der Waals surface area contributed by atoms with Crippen molar-refractivity contribution >= 4 is 17.7 Å². The summed E-state index contributed by atoms with van der Waals surface area (Å²) < 4.78 is 0. The molecule has 2 atom stereocenters. The van der Waals surface area contributed by atoms with Crippen molar-refractivity contribution in [2.24, 2.45) is 0 Å². The highest BCUT2D eigenvalue weighted by Crippen LogP contribution is 2.18. The third-order valence-electron chi connectivity index (χ3n) is 3.15. The lowest BCUT2D eigenvalue weighted by atomic mass is 10.2. The van der Waals surface area contributed by atoms with Gasteiger partial charge in [-0.05, 0) is 12.1 Å². The Morgan fingerprint density at radius 3 is 2.78 bits per heavy atom. The zero-order valence-electron chi connectivity index (χ0n) is 10.4. The zero-order valence-corrected chi connectivity index (χ0v) is 11.2. The topological polar surface area (TPSA) is 52.6 Å². The number of hydrogen-bond donors (Lipinski definition) is 2. The van der Waals surface area contributed by atoms with E-state index in [1.165, 1.54) is 11.8 Å². The first kappa shape index (κ1) is 13.4. The lowest BCUT2D eigenvalue weighted by Gasteiger charge is -2.26. The summed E-state index contributed by atoms with van der Waals surface area (Å²) in [5.74, 6) is 0.459. The van der Waals surface area contributed by atoms with Gasteiger partial charge in [0.2, 0.25) is 5.91 Å². The van der Waals surface area contributed by atoms with Crippen molar-refractivity contribution in [1.82, 2.24) is 10.2 Å². The Balaban J connectivity index is 1.84. The van der Waals surface area contributed by atoms with Crippen LogP contribution < -0.4 is 5.32 Å². The van der Waals surface area contributed by atoms with Gasteiger partial charge in [0.05, 0.1) is 17.9 Å². The van der Waals surface area contributed by atoms with Crippen molar-refractivity contribution in [2.75, 3.05) is 25.9 Å². The zero-order chi connectivity index (χ0) is 13.0. The van der Waals surface area contributed by atoms with E-state index in [0.29, 0.717) is 18.8 Å². The van der Waals surface area contributed by atoms with Gasteiger partial charge in [0.25, 0.3) is 0 Å². The second-order valence-corrected chi connectivity index (χ2v) is 5.45. The summed E-state index contributed by atoms with van der Waals surface area (Å²) in [5.41, 5.74) is 0. The fourth-order valence-corrected chi connectivity index (χ4v) is 2.84. The number of aliphatic hydroxyl groups is 1. The van der Waals surface area contributed by atoms with E-state index in [-0.39, 0.29) is 11.9 Å². The lowest BCUT2D eigenvalue weighted by molar-refractivity contribution is -0.130. The molecule has 1 fully saturated rings. The molecular weight excluding hydrogens is 248 g/mol. The third kappa shape index (κ3) is 3.25. The van der Waals surface area contributed by atoms with Gasteiger partial charge in [0, 0.05) is 25.0 Å². The second-order valence-electron chi connectivity index (χ2n) is 4.40. The molecular formula is C13H18N2O2S. The van der Waals surface area contributed by atoms with Crippen LogP contribution in [0.2, 0.25) is 0 Å². The van der Waals surface area contributed by atoms with E-state index in [0.717, 1.165) is 4.90 Å². The van der Waals surface area contributed by atoms with Crippen LogP contribution in [0.3, 0.4) is 0 Å². The van der Waals surface area contributed by atoms with Crippen LogP contribution in [0.4, 0.5) is 0 Å². The average molecular weight is 266 g/mol. The van der Waals surface area contributed by atoms with Crippen LogP contribution in [0.25, 0.3) is 0 Å². The number of nitrogens with zero attached hydrogens (tertiary/aromatic N) is 1. The van der Waals surface area contributed by atoms with Crippen molar-refractivity contribution in [3.05, 3.63) is 30.3 Å². The maximum Gasteiger partial charge on any atom is 0.233 e. The van der Waals surface area contributed by atoms with Gasteiger partial charge >= 0.3 is 0 Å². The molecule has 1 aliphatic rings. The smallest absolute Gasteiger partial charge is 0.233 e. The Hall–Kier alpha value is -1.04. The minimum absolute atomic E-state index is 0.0524. The molecule has 0 aliphatic carbocycles. The number of aliphatic hydroxyl groups excluding tert-OH is 1. The molecule has 0 bridgehead atoms. The maximum absolute atomic E-state index is 12.0. The van der Waals surface area contributed by atoms with E-state index < -0.39 is 6.10 Å². The molecule has 98 valence electrons. The normalized spacial score (nSPS) is 23.0. The van der Waals surface area contributed by atoms with E-state index in [1.807, 2.05) is 30.3 Å². The van der Waals surface area contributed by atoms with Gasteiger partial charge in [-0.2, -0.15) is 0 Å². The first-order valence-electron chi connectivity index (χ1n) is 6.01. The molecule has 2 rings (SSSR count). The Morgan fingerprint density at radius 2 is 2.17 bits per heavy atom. The summed E-state index contributed by atoms with van der Waals surface area (Å²) in [6.45, 7) is 1.23. The summed E-state index contributed by atoms with van der Waals surface area (Å²) in [7, 11) is 1.76. The second kappa shape index (κ2) is 6.22. The van der Waals surface area contributed by atoms with Crippen molar-refractivity contribution in [3.63, 3.8) is 0 Å². The molecule has 0 radical (unpaired) electrons. The summed E-state index contributed by atoms with van der Waals surface area (Å²) in [4.78, 5) is 14.8. The number of rotatable bonds is 4. The van der Waals surface area contributed by atoms with Crippen LogP contribution >= 0.6 is 11.8 Å². The molecule has 1 aromatic carbocycles. The molecule has 5 heteroatoms. The summed E-state index contributed by atoms with van der Waals surface area (Å²) in [5, 5.41) is 12.8. The number of thioether (sulfide) groups is 1. The highest BCUT2D eigenvalue weighted by atomic mass is 32.2. The molecule has 0 aromatic heterocycles. The highest BCUT2D eigenvalue weighted by molar-refractivity contribution is 8.00. The number of carbonyl (C=O) groups excluding carboxylic acids is 1. The largest absolute Gasteiger partial charge is 0.390 e. The van der Waals surface area contributed by atoms with Crippen molar-refractivity contribution in [1.29, 1.82) is 0 Å². The molecule has 0 spiro atoms. The molecule has 0 unspecified atom stereocenters. The summed E-state index contributed by atoms with van der Waals surface area (Å²) >= 11 is 1.52. The van der Waals surface area contributed by atoms with Crippen molar-refractivity contribution in [2.45, 2.75) is 17.0 Å². The summed E-state index contributed by atoms with van der Waals surface area (Å²) in [6, 6.07) is 9.75. The fourth-order valence-electron chi connectivity index (χ4n) is 1.99. The van der Waals surface area contributed by atoms with E-state index in [4.69, 9.17) is 0 Å². The standard InChI is InChI=1S/C13H18N2O2S/c1-15(11-7-14-8-12(11)16)13(17)9-18-10-5-3-2-4-6-10/h2-6,11-12,14,16H,7-9H2,1H3/t11-,12-/m0/s1. The number of β-amino-alcohol motifs (C(OH)–C–C–N with tert-alkyl or cyclic N) is 1. The van der Waals surface area contributed by atoms with Gasteiger partial charge in [0.15, 0.2) is 0 Å². The van der Waals surface area contributed by atoms with Crippen LogP contribution in [0.5, 0.6) is 0 Å². The number of benzene rings is 1. The monoisotopic (exact) mass is 266 g/mol. The molecule has 4 nitrogen and oxygen atoms in total. The molecule has 0 saturated carbocycles. The van der Waals surface area contributed by atoms with Gasteiger partial charge in [0.1, 0.15) is 0 Å². The van der Waals surface area contributed by atoms with E-state index >= 15 is 0 Å². The van der Waals surface area contributed by atoms with Gasteiger partial charge in [-0.25, -0.2) is 0 Å². The van der Waals surface area contributed by atoms with Gasteiger partial charge in [-0.1, -0.05) is 18.2 Å². The van der Waals surface area contributed by atoms with Gasteiger partial charge in [-0.3, -0.25) is 4.79 Å². The third-order valence-corrected chi connectivity index (χ3v) is 4.14. The summed E-state index contributed by atoms with van der Waals surface area (Å²) in [6.07, 6.45) is -0.458. The van der Waals surface area contributed by atoms with E-state index in [1.54, 1.807) is 11.9 Å². The maximum atomic E-state index is 12.0. The average Bonchev–Trinajstić information content (AvgIpc) is 2.82. The molecule has 1 aliphatic heterocycles. The molecule has 1 amide bonds. The number of nitrogens with one attached hydrogen (secondary N) is 1. The van der Waals surface area contributed by atoms with Crippen LogP contribution in [0.15, 0.2) is 35.2 Å². The Bertz CT molecular complexity index is 399. The molecule has 1 saturated heterocycles. The first-order valence-corrected chi connectivity index (χ1v) is 6.99. The Labute approximate surface area is 111 Å². The predicted molar refractivity (Wildman–Crippen MR) is 72.6 cm³/mol. The quantitative estimate of drug-likeness (QED) is 0.782. The Morgan fingerprint density at radius 1 is 1.44 bits per heavy atom. The number of hydrogen-bond acceptors (Lipinski definition) is 4. The van der Waals surface area contributed by atoms with Crippen LogP contribution in [-0.2, 0) is 4.79 Å². The molecule has 18 heavy (non-hydrogen) atoms. The highest BCUT2D eigenvalue weighted by Gasteiger charge is 2.30. The number of carbonyl (C=O) groups is 1. The van der Waals surface area contributed by atoms with Gasteiger partial charge in [-0.15, -0.1) is 11.8 Å². The first-order chi connectivity index (χ1) is 8.68. The van der Waals surface area contributed by atoms with Gasteiger partial charge < -0.3 is 15.3 Å². The molecule has 2 N–H and O–H groups in total. The molecule has 1 heterocycles. The minimum Gasteiger partial charge on any atom is -0.390 e. The predicted octanol–water partition coefficient (Wildman–Crippen LogP) is 0.570. The molecule has 1 aromatic rings. The number of amides is 1. The van der Waals surface area contributed by atoms with E-state index in [2.05, 4.69) is 5.32 Å². The van der Waals surface area contributed by atoms with Crippen LogP contribution in [-0.4, -0.2) is 53.9 Å². The Kier molecular flexibility index (Phi) is 4.63. The van der Waals surface area contributed by atoms with Crippen molar-refractivity contribution in [3.8, 4) is 0 Å².